The quantitative estimate of drug-likeness (QED) is 0.201. The fourth-order valence-corrected chi connectivity index (χ4v) is 4.61. The number of nitrogens with two attached hydrogens (primary N) is 2. The van der Waals surface area contributed by atoms with Gasteiger partial charge in [-0.25, -0.2) is 0 Å². The highest BCUT2D eigenvalue weighted by atomic mass is 16.4. The van der Waals surface area contributed by atoms with Crippen LogP contribution in [-0.4, -0.2) is 82.3 Å². The van der Waals surface area contributed by atoms with Crippen LogP contribution in [0.4, 0.5) is 0 Å². The summed E-state index contributed by atoms with van der Waals surface area (Å²) in [4.78, 5) is 57.4. The van der Waals surface area contributed by atoms with Crippen LogP contribution in [0.1, 0.15) is 37.7 Å². The third kappa shape index (κ3) is 6.24. The molecule has 0 aromatic heterocycles. The minimum atomic E-state index is -1.17. The van der Waals surface area contributed by atoms with Gasteiger partial charge in [0, 0.05) is 26.1 Å². The van der Waals surface area contributed by atoms with Crippen molar-refractivity contribution in [2.45, 2.75) is 56.7 Å². The van der Waals surface area contributed by atoms with Gasteiger partial charge in [0.1, 0.15) is 12.1 Å². The zero-order valence-corrected chi connectivity index (χ0v) is 19.1. The number of aliphatic carboxylic acids is 1. The van der Waals surface area contributed by atoms with E-state index in [1.165, 1.54) is 9.80 Å². The van der Waals surface area contributed by atoms with Crippen LogP contribution < -0.4 is 16.8 Å². The molecule has 2 fully saturated rings. The number of nitrogens with one attached hydrogen (secondary N) is 1. The molecule has 3 rings (SSSR count). The monoisotopic (exact) mass is 472 g/mol. The molecule has 2 saturated heterocycles. The minimum Gasteiger partial charge on any atom is -0.481 e. The second kappa shape index (κ2) is 11.5. The van der Waals surface area contributed by atoms with Crippen LogP contribution in [0.3, 0.4) is 0 Å². The number of rotatable bonds is 10. The van der Waals surface area contributed by atoms with Crippen LogP contribution in [-0.2, 0) is 25.6 Å². The first kappa shape index (κ1) is 25.0. The summed E-state index contributed by atoms with van der Waals surface area (Å²) in [7, 11) is 0. The Morgan fingerprint density at radius 1 is 1.15 bits per heavy atom. The topological polar surface area (TPSA) is 171 Å². The number of carbonyl (C=O) groups excluding carboxylic acids is 3. The van der Waals surface area contributed by atoms with Gasteiger partial charge < -0.3 is 31.7 Å². The number of nitrogens with zero attached hydrogens (tertiary/aromatic N) is 3. The standard InChI is InChI=1S/C23H32N6O5/c24-23(25)27-12-4-11-26-21(33)17-9-8-16-14-28(18(13-20(31)32)22(34)29(16)17)19(30)10-7-15-5-2-1-3-6-15/h1-3,5-6,16-18H,4,7-14H2,(H,26,33)(H,31,32)(H4,24,25,27). The normalized spacial score (nSPS) is 21.6. The number of carbonyl (C=O) groups is 4. The molecule has 2 heterocycles. The fourth-order valence-electron chi connectivity index (χ4n) is 4.61. The van der Waals surface area contributed by atoms with Gasteiger partial charge in [0.25, 0.3) is 0 Å². The molecule has 6 N–H and O–H groups in total. The smallest absolute Gasteiger partial charge is 0.305 e. The van der Waals surface area contributed by atoms with Gasteiger partial charge in [-0.2, -0.15) is 0 Å². The van der Waals surface area contributed by atoms with Crippen molar-refractivity contribution in [3.8, 4) is 0 Å². The zero-order chi connectivity index (χ0) is 24.7. The van der Waals surface area contributed by atoms with E-state index in [-0.39, 0.29) is 36.8 Å². The number of carboxylic acids is 1. The van der Waals surface area contributed by atoms with Crippen molar-refractivity contribution in [3.05, 3.63) is 35.9 Å². The molecule has 0 radical (unpaired) electrons. The van der Waals surface area contributed by atoms with Gasteiger partial charge >= 0.3 is 5.97 Å². The van der Waals surface area contributed by atoms with Crippen LogP contribution in [0.25, 0.3) is 0 Å². The van der Waals surface area contributed by atoms with Crippen molar-refractivity contribution in [1.82, 2.24) is 15.1 Å². The van der Waals surface area contributed by atoms with Crippen molar-refractivity contribution >= 4 is 29.7 Å². The number of piperazine rings is 1. The molecule has 11 nitrogen and oxygen atoms in total. The van der Waals surface area contributed by atoms with Gasteiger partial charge in [-0.1, -0.05) is 30.3 Å². The Morgan fingerprint density at radius 2 is 1.88 bits per heavy atom. The summed E-state index contributed by atoms with van der Waals surface area (Å²) in [6.07, 6.45) is 1.76. The number of aliphatic imine (C=N–C) groups is 1. The van der Waals surface area contributed by atoms with E-state index in [0.29, 0.717) is 38.8 Å². The molecule has 2 aliphatic heterocycles. The molecule has 0 spiro atoms. The second-order valence-electron chi connectivity index (χ2n) is 8.59. The van der Waals surface area contributed by atoms with Crippen molar-refractivity contribution in [2.24, 2.45) is 16.5 Å². The lowest BCUT2D eigenvalue weighted by Gasteiger charge is -2.44. The van der Waals surface area contributed by atoms with Crippen LogP contribution in [0, 0.1) is 0 Å². The summed E-state index contributed by atoms with van der Waals surface area (Å²) in [5, 5.41) is 12.2. The Balaban J connectivity index is 1.65. The molecule has 34 heavy (non-hydrogen) atoms. The molecule has 1 aromatic carbocycles. The number of guanidine groups is 1. The average molecular weight is 473 g/mol. The summed E-state index contributed by atoms with van der Waals surface area (Å²) < 4.78 is 0. The average Bonchev–Trinajstić information content (AvgIpc) is 3.23. The Bertz CT molecular complexity index is 933. The molecule has 3 atom stereocenters. The molecule has 3 amide bonds. The first-order valence-electron chi connectivity index (χ1n) is 11.5. The first-order chi connectivity index (χ1) is 16.3. The fraction of sp³-hybridized carbons (Fsp3) is 0.522. The van der Waals surface area contributed by atoms with Crippen molar-refractivity contribution in [3.63, 3.8) is 0 Å². The Morgan fingerprint density at radius 3 is 2.56 bits per heavy atom. The van der Waals surface area contributed by atoms with Crippen LogP contribution in [0.2, 0.25) is 0 Å². The molecule has 3 unspecified atom stereocenters. The van der Waals surface area contributed by atoms with Gasteiger partial charge in [-0.3, -0.25) is 24.2 Å². The maximum Gasteiger partial charge on any atom is 0.305 e. The number of hydrogen-bond acceptors (Lipinski definition) is 5. The number of aryl methyl sites for hydroxylation is 1. The third-order valence-electron chi connectivity index (χ3n) is 6.22. The van der Waals surface area contributed by atoms with Gasteiger partial charge in [-0.05, 0) is 31.2 Å². The highest BCUT2D eigenvalue weighted by Gasteiger charge is 2.50. The highest BCUT2D eigenvalue weighted by molar-refractivity contribution is 5.95. The molecule has 0 bridgehead atoms. The number of amides is 3. The number of hydrogen-bond donors (Lipinski definition) is 4. The van der Waals surface area contributed by atoms with Gasteiger partial charge in [0.05, 0.1) is 12.5 Å². The third-order valence-corrected chi connectivity index (χ3v) is 6.22. The number of carboxylic acid groups (broad SMARTS) is 1. The Labute approximate surface area is 198 Å². The van der Waals surface area contributed by atoms with Crippen molar-refractivity contribution in [2.75, 3.05) is 19.6 Å². The molecule has 11 heteroatoms. The minimum absolute atomic E-state index is 0.0174. The summed E-state index contributed by atoms with van der Waals surface area (Å²) in [6.45, 7) is 0.951. The maximum atomic E-state index is 13.3. The lowest BCUT2D eigenvalue weighted by molar-refractivity contribution is -0.160. The predicted molar refractivity (Wildman–Crippen MR) is 124 cm³/mol. The molecule has 1 aromatic rings. The van der Waals surface area contributed by atoms with Crippen LogP contribution in [0.5, 0.6) is 0 Å². The Hall–Kier alpha value is -3.63. The van der Waals surface area contributed by atoms with Crippen molar-refractivity contribution < 1.29 is 24.3 Å². The lowest BCUT2D eigenvalue weighted by Crippen LogP contribution is -2.64. The number of fused-ring (bicyclic) bond motifs is 1. The summed E-state index contributed by atoms with van der Waals surface area (Å²) in [6, 6.07) is 7.40. The maximum absolute atomic E-state index is 13.3. The van der Waals surface area contributed by atoms with E-state index in [1.54, 1.807) is 0 Å². The van der Waals surface area contributed by atoms with E-state index in [0.717, 1.165) is 5.56 Å². The van der Waals surface area contributed by atoms with Crippen LogP contribution >= 0.6 is 0 Å². The largest absolute Gasteiger partial charge is 0.481 e. The Kier molecular flexibility index (Phi) is 8.44. The van der Waals surface area contributed by atoms with Crippen molar-refractivity contribution in [1.29, 1.82) is 0 Å². The zero-order valence-electron chi connectivity index (χ0n) is 19.1. The number of benzene rings is 1. The highest BCUT2D eigenvalue weighted by Crippen LogP contribution is 2.32. The summed E-state index contributed by atoms with van der Waals surface area (Å²) >= 11 is 0. The molecule has 0 aliphatic carbocycles. The lowest BCUT2D eigenvalue weighted by atomic mass is 10.0. The van der Waals surface area contributed by atoms with Crippen LogP contribution in [0.15, 0.2) is 35.3 Å². The van der Waals surface area contributed by atoms with Gasteiger partial charge in [0.15, 0.2) is 5.96 Å². The molecule has 0 saturated carbocycles. The van der Waals surface area contributed by atoms with E-state index in [9.17, 15) is 24.3 Å². The molecule has 184 valence electrons. The molecular weight excluding hydrogens is 440 g/mol. The molecular formula is C23H32N6O5. The molecule has 2 aliphatic rings. The van der Waals surface area contributed by atoms with E-state index >= 15 is 0 Å². The van der Waals surface area contributed by atoms with Gasteiger partial charge in [-0.15, -0.1) is 0 Å². The second-order valence-corrected chi connectivity index (χ2v) is 8.59. The van der Waals surface area contributed by atoms with Gasteiger partial charge in [0.2, 0.25) is 17.7 Å². The van der Waals surface area contributed by atoms with E-state index in [4.69, 9.17) is 11.5 Å². The predicted octanol–water partition coefficient (Wildman–Crippen LogP) is -0.556. The van der Waals surface area contributed by atoms with E-state index in [1.807, 2.05) is 30.3 Å². The van der Waals surface area contributed by atoms with E-state index in [2.05, 4.69) is 10.3 Å². The summed E-state index contributed by atoms with van der Waals surface area (Å²) in [5.74, 6) is -2.21. The SMILES string of the molecule is NC(N)=NCCCNC(=O)C1CCC2CN(C(=O)CCc3ccccc3)C(CC(=O)O)C(=O)N21. The van der Waals surface area contributed by atoms with E-state index < -0.39 is 30.4 Å². The first-order valence-corrected chi connectivity index (χ1v) is 11.5. The summed E-state index contributed by atoms with van der Waals surface area (Å²) in [5.41, 5.74) is 11.5.